The molecule has 0 aromatic carbocycles. The summed E-state index contributed by atoms with van der Waals surface area (Å²) in [6.45, 7) is 2.19. The molecule has 2 unspecified atom stereocenters. The van der Waals surface area contributed by atoms with Crippen molar-refractivity contribution in [3.63, 3.8) is 0 Å². The van der Waals surface area contributed by atoms with Crippen LogP contribution in [0.2, 0.25) is 0 Å². The van der Waals surface area contributed by atoms with Gasteiger partial charge in [0.2, 0.25) is 0 Å². The van der Waals surface area contributed by atoms with E-state index < -0.39 is 0 Å². The highest BCUT2D eigenvalue weighted by Gasteiger charge is 2.30. The number of aryl methyl sites for hydroxylation is 1. The van der Waals surface area contributed by atoms with Crippen LogP contribution in [0.4, 0.5) is 0 Å². The van der Waals surface area contributed by atoms with E-state index in [2.05, 4.69) is 12.0 Å². The predicted octanol–water partition coefficient (Wildman–Crippen LogP) is 2.82. The Balaban J connectivity index is 2.13. The fourth-order valence-electron chi connectivity index (χ4n) is 2.80. The van der Waals surface area contributed by atoms with Gasteiger partial charge in [-0.15, -0.1) is 0 Å². The van der Waals surface area contributed by atoms with Gasteiger partial charge in [-0.3, -0.25) is 9.48 Å². The fraction of sp³-hybridized carbons (Fsp3) is 0.692. The molecule has 0 amide bonds. The van der Waals surface area contributed by atoms with Crippen LogP contribution in [0.5, 0.6) is 0 Å². The zero-order valence-electron chi connectivity index (χ0n) is 10.1. The van der Waals surface area contributed by atoms with Crippen molar-refractivity contribution in [2.45, 2.75) is 39.0 Å². The van der Waals surface area contributed by atoms with Crippen molar-refractivity contribution in [3.05, 3.63) is 18.0 Å². The number of carbonyl (C=O) groups excluding carboxylic acids is 1. The summed E-state index contributed by atoms with van der Waals surface area (Å²) in [4.78, 5) is 12.3. The smallest absolute Gasteiger partial charge is 0.169 e. The average Bonchev–Trinajstić information content (AvgIpc) is 2.75. The van der Waals surface area contributed by atoms with Gasteiger partial charge in [0, 0.05) is 19.2 Å². The third kappa shape index (κ3) is 2.18. The molecule has 1 heterocycles. The number of carbonyl (C=O) groups is 1. The van der Waals surface area contributed by atoms with Gasteiger partial charge in [0.25, 0.3) is 0 Å². The zero-order valence-corrected chi connectivity index (χ0v) is 10.1. The van der Waals surface area contributed by atoms with Gasteiger partial charge in [0.05, 0.1) is 11.8 Å². The van der Waals surface area contributed by atoms with Crippen LogP contribution in [0.3, 0.4) is 0 Å². The molecule has 0 bridgehead atoms. The standard InChI is InChI=1S/C13H20N2O/c1-3-10-6-4-5-7-12(10)13(16)11-8-14-15(2)9-11/h8-10,12H,3-7H2,1-2H3. The summed E-state index contributed by atoms with van der Waals surface area (Å²) in [7, 11) is 1.86. The summed E-state index contributed by atoms with van der Waals surface area (Å²) in [6.07, 6.45) is 9.42. The molecular weight excluding hydrogens is 200 g/mol. The highest BCUT2D eigenvalue weighted by molar-refractivity contribution is 5.97. The third-order valence-electron chi connectivity index (χ3n) is 3.76. The molecule has 0 spiro atoms. The van der Waals surface area contributed by atoms with Crippen LogP contribution in [-0.4, -0.2) is 15.6 Å². The lowest BCUT2D eigenvalue weighted by atomic mass is 9.74. The first-order chi connectivity index (χ1) is 7.72. The largest absolute Gasteiger partial charge is 0.294 e. The highest BCUT2D eigenvalue weighted by Crippen LogP contribution is 2.34. The number of hydrogen-bond donors (Lipinski definition) is 0. The molecule has 0 N–H and O–H groups in total. The molecule has 3 nitrogen and oxygen atoms in total. The Kier molecular flexibility index (Phi) is 3.42. The maximum Gasteiger partial charge on any atom is 0.169 e. The van der Waals surface area contributed by atoms with E-state index in [-0.39, 0.29) is 5.92 Å². The molecule has 1 fully saturated rings. The summed E-state index contributed by atoms with van der Waals surface area (Å²) in [6, 6.07) is 0. The summed E-state index contributed by atoms with van der Waals surface area (Å²) >= 11 is 0. The van der Waals surface area contributed by atoms with Crippen LogP contribution < -0.4 is 0 Å². The number of ketones is 1. The molecule has 0 saturated heterocycles. The SMILES string of the molecule is CCC1CCCCC1C(=O)c1cnn(C)c1. The molecule has 0 aliphatic heterocycles. The van der Waals surface area contributed by atoms with E-state index in [0.29, 0.717) is 11.7 Å². The van der Waals surface area contributed by atoms with Crippen LogP contribution in [0.25, 0.3) is 0 Å². The van der Waals surface area contributed by atoms with Gasteiger partial charge < -0.3 is 0 Å². The van der Waals surface area contributed by atoms with Gasteiger partial charge in [-0.1, -0.05) is 26.2 Å². The van der Waals surface area contributed by atoms with Crippen molar-refractivity contribution >= 4 is 5.78 Å². The Morgan fingerprint density at radius 2 is 2.25 bits per heavy atom. The number of hydrogen-bond acceptors (Lipinski definition) is 2. The second kappa shape index (κ2) is 4.81. The first kappa shape index (κ1) is 11.4. The van der Waals surface area contributed by atoms with Gasteiger partial charge in [0.1, 0.15) is 0 Å². The quantitative estimate of drug-likeness (QED) is 0.734. The van der Waals surface area contributed by atoms with Crippen molar-refractivity contribution < 1.29 is 4.79 Å². The van der Waals surface area contributed by atoms with E-state index >= 15 is 0 Å². The van der Waals surface area contributed by atoms with Crippen molar-refractivity contribution in [2.75, 3.05) is 0 Å². The van der Waals surface area contributed by atoms with Crippen LogP contribution in [0, 0.1) is 11.8 Å². The molecular formula is C13H20N2O. The van der Waals surface area contributed by atoms with Gasteiger partial charge in [-0.25, -0.2) is 0 Å². The van der Waals surface area contributed by atoms with E-state index in [9.17, 15) is 4.79 Å². The predicted molar refractivity (Wildman–Crippen MR) is 63.3 cm³/mol. The molecule has 2 atom stereocenters. The number of rotatable bonds is 3. The van der Waals surface area contributed by atoms with Crippen molar-refractivity contribution in [1.82, 2.24) is 9.78 Å². The molecule has 1 saturated carbocycles. The second-order valence-corrected chi connectivity index (χ2v) is 4.83. The molecule has 0 radical (unpaired) electrons. The molecule has 16 heavy (non-hydrogen) atoms. The fourth-order valence-corrected chi connectivity index (χ4v) is 2.80. The van der Waals surface area contributed by atoms with Gasteiger partial charge >= 0.3 is 0 Å². The highest BCUT2D eigenvalue weighted by atomic mass is 16.1. The first-order valence-electron chi connectivity index (χ1n) is 6.25. The van der Waals surface area contributed by atoms with Gasteiger partial charge in [-0.2, -0.15) is 5.10 Å². The summed E-state index contributed by atoms with van der Waals surface area (Å²) < 4.78 is 1.71. The van der Waals surface area contributed by atoms with E-state index in [1.807, 2.05) is 13.2 Å². The first-order valence-corrected chi connectivity index (χ1v) is 6.25. The zero-order chi connectivity index (χ0) is 11.5. The van der Waals surface area contributed by atoms with Crippen LogP contribution in [0.15, 0.2) is 12.4 Å². The molecule has 3 heteroatoms. The Hall–Kier alpha value is -1.12. The van der Waals surface area contributed by atoms with Crippen LogP contribution in [-0.2, 0) is 7.05 Å². The molecule has 1 aliphatic carbocycles. The van der Waals surface area contributed by atoms with Crippen LogP contribution >= 0.6 is 0 Å². The average molecular weight is 220 g/mol. The Morgan fingerprint density at radius 1 is 1.50 bits per heavy atom. The topological polar surface area (TPSA) is 34.9 Å². The van der Waals surface area contributed by atoms with Crippen molar-refractivity contribution in [2.24, 2.45) is 18.9 Å². The lowest BCUT2D eigenvalue weighted by Crippen LogP contribution is -2.26. The van der Waals surface area contributed by atoms with Crippen LogP contribution in [0.1, 0.15) is 49.4 Å². The van der Waals surface area contributed by atoms with Gasteiger partial charge in [-0.05, 0) is 18.8 Å². The maximum atomic E-state index is 12.3. The van der Waals surface area contributed by atoms with Gasteiger partial charge in [0.15, 0.2) is 5.78 Å². The number of aromatic nitrogens is 2. The Bertz CT molecular complexity index is 370. The molecule has 1 aromatic heterocycles. The Labute approximate surface area is 96.8 Å². The third-order valence-corrected chi connectivity index (χ3v) is 3.76. The maximum absolute atomic E-state index is 12.3. The van der Waals surface area contributed by atoms with Crippen molar-refractivity contribution in [1.29, 1.82) is 0 Å². The second-order valence-electron chi connectivity index (χ2n) is 4.83. The van der Waals surface area contributed by atoms with E-state index in [1.54, 1.807) is 10.9 Å². The van der Waals surface area contributed by atoms with E-state index in [1.165, 1.54) is 19.3 Å². The number of Topliss-reactive ketones (excluding diaryl/α,β-unsaturated/α-hetero) is 1. The minimum atomic E-state index is 0.239. The van der Waals surface area contributed by atoms with E-state index in [4.69, 9.17) is 0 Å². The summed E-state index contributed by atoms with van der Waals surface area (Å²) in [5.41, 5.74) is 0.785. The molecule has 1 aliphatic rings. The minimum Gasteiger partial charge on any atom is -0.294 e. The minimum absolute atomic E-state index is 0.239. The molecule has 88 valence electrons. The molecule has 1 aromatic rings. The molecule has 2 rings (SSSR count). The monoisotopic (exact) mass is 220 g/mol. The summed E-state index contributed by atoms with van der Waals surface area (Å²) in [5, 5.41) is 4.08. The number of nitrogens with zero attached hydrogens (tertiary/aromatic N) is 2. The lowest BCUT2D eigenvalue weighted by molar-refractivity contribution is 0.0820. The van der Waals surface area contributed by atoms with E-state index in [0.717, 1.165) is 18.4 Å². The normalized spacial score (nSPS) is 25.6. The summed E-state index contributed by atoms with van der Waals surface area (Å²) in [5.74, 6) is 1.13. The lowest BCUT2D eigenvalue weighted by Gasteiger charge is -2.29. The Morgan fingerprint density at radius 3 is 2.88 bits per heavy atom. The van der Waals surface area contributed by atoms with Crippen molar-refractivity contribution in [3.8, 4) is 0 Å².